The number of carbonyl (C=O) groups excluding carboxylic acids is 2. The molecule has 9 heteroatoms. The fraction of sp³-hybridized carbons (Fsp3) is 0.556. The minimum Gasteiger partial charge on any atom is -0.337 e. The van der Waals surface area contributed by atoms with Crippen molar-refractivity contribution in [1.29, 1.82) is 0 Å². The highest BCUT2D eigenvalue weighted by molar-refractivity contribution is 6.31. The minimum atomic E-state index is -0.195. The average Bonchev–Trinajstić information content (AvgIpc) is 3.14. The first-order valence-electron chi connectivity index (χ1n) is 9.19. The lowest BCUT2D eigenvalue weighted by molar-refractivity contribution is -0.116. The molecule has 3 rings (SSSR count). The van der Waals surface area contributed by atoms with Crippen molar-refractivity contribution < 1.29 is 9.59 Å². The summed E-state index contributed by atoms with van der Waals surface area (Å²) in [4.78, 5) is 27.1. The predicted molar refractivity (Wildman–Crippen MR) is 103 cm³/mol. The molecule has 8 nitrogen and oxygen atoms in total. The van der Waals surface area contributed by atoms with Crippen LogP contribution in [-0.4, -0.2) is 49.4 Å². The largest absolute Gasteiger partial charge is 0.337 e. The van der Waals surface area contributed by atoms with E-state index in [1.165, 1.54) is 10.9 Å². The standard InChI is InChI=1S/C18H25ClN6O2/c1-12-16(19)13(2)25(22-12)10-7-15(26)21-14-11-20-23(3)17(14)18(27)24-8-5-4-6-9-24/h11H,4-10H2,1-3H3,(H,21,26). The number of aryl methyl sites for hydroxylation is 3. The van der Waals surface area contributed by atoms with Crippen molar-refractivity contribution in [2.24, 2.45) is 7.05 Å². The molecule has 1 N–H and O–H groups in total. The summed E-state index contributed by atoms with van der Waals surface area (Å²) >= 11 is 6.14. The first-order valence-corrected chi connectivity index (χ1v) is 9.57. The van der Waals surface area contributed by atoms with Crippen LogP contribution in [0.25, 0.3) is 0 Å². The van der Waals surface area contributed by atoms with Gasteiger partial charge in [-0.3, -0.25) is 19.0 Å². The maximum atomic E-state index is 12.8. The Labute approximate surface area is 163 Å². The maximum absolute atomic E-state index is 12.8. The number of amides is 2. The number of hydrogen-bond donors (Lipinski definition) is 1. The van der Waals surface area contributed by atoms with E-state index in [2.05, 4.69) is 15.5 Å². The van der Waals surface area contributed by atoms with Crippen LogP contribution >= 0.6 is 11.6 Å². The second kappa shape index (κ2) is 8.12. The molecule has 0 aliphatic carbocycles. The summed E-state index contributed by atoms with van der Waals surface area (Å²) in [6.45, 7) is 5.61. The zero-order valence-corrected chi connectivity index (χ0v) is 16.7. The molecular formula is C18H25ClN6O2. The lowest BCUT2D eigenvalue weighted by atomic mass is 10.1. The molecule has 3 heterocycles. The number of anilines is 1. The molecule has 0 atom stereocenters. The van der Waals surface area contributed by atoms with Gasteiger partial charge in [-0.2, -0.15) is 10.2 Å². The van der Waals surface area contributed by atoms with Gasteiger partial charge in [0.15, 0.2) is 0 Å². The minimum absolute atomic E-state index is 0.0877. The van der Waals surface area contributed by atoms with Gasteiger partial charge in [-0.05, 0) is 33.1 Å². The van der Waals surface area contributed by atoms with E-state index in [1.807, 2.05) is 18.7 Å². The van der Waals surface area contributed by atoms with E-state index >= 15 is 0 Å². The highest BCUT2D eigenvalue weighted by Crippen LogP contribution is 2.21. The van der Waals surface area contributed by atoms with E-state index in [-0.39, 0.29) is 18.2 Å². The first kappa shape index (κ1) is 19.4. The van der Waals surface area contributed by atoms with Crippen LogP contribution in [0.5, 0.6) is 0 Å². The molecule has 146 valence electrons. The van der Waals surface area contributed by atoms with Gasteiger partial charge in [-0.15, -0.1) is 0 Å². The van der Waals surface area contributed by atoms with Gasteiger partial charge in [0.2, 0.25) is 5.91 Å². The fourth-order valence-electron chi connectivity index (χ4n) is 3.34. The number of nitrogens with zero attached hydrogens (tertiary/aromatic N) is 5. The summed E-state index contributed by atoms with van der Waals surface area (Å²) in [7, 11) is 1.71. The SMILES string of the molecule is Cc1nn(CCC(=O)Nc2cnn(C)c2C(=O)N2CCCCC2)c(C)c1Cl. The van der Waals surface area contributed by atoms with Gasteiger partial charge in [0, 0.05) is 26.6 Å². The second-order valence-corrected chi connectivity index (χ2v) is 7.27. The Morgan fingerprint density at radius 2 is 1.93 bits per heavy atom. The summed E-state index contributed by atoms with van der Waals surface area (Å²) in [5.74, 6) is -0.283. The van der Waals surface area contributed by atoms with E-state index < -0.39 is 0 Å². The summed E-state index contributed by atoms with van der Waals surface area (Å²) in [5, 5.41) is 11.9. The van der Waals surface area contributed by atoms with Gasteiger partial charge in [0.25, 0.3) is 5.91 Å². The molecule has 1 aliphatic heterocycles. The molecule has 2 aromatic heterocycles. The molecule has 0 bridgehead atoms. The molecular weight excluding hydrogens is 368 g/mol. The van der Waals surface area contributed by atoms with E-state index in [1.54, 1.807) is 11.7 Å². The molecule has 0 radical (unpaired) electrons. The van der Waals surface area contributed by atoms with Crippen LogP contribution in [0.3, 0.4) is 0 Å². The Hall–Kier alpha value is -2.35. The highest BCUT2D eigenvalue weighted by atomic mass is 35.5. The smallest absolute Gasteiger partial charge is 0.274 e. The Bertz CT molecular complexity index is 850. The normalized spacial score (nSPS) is 14.4. The van der Waals surface area contributed by atoms with Gasteiger partial charge in [-0.1, -0.05) is 11.6 Å². The molecule has 1 saturated heterocycles. The van der Waals surface area contributed by atoms with Crippen LogP contribution < -0.4 is 5.32 Å². The Kier molecular flexibility index (Phi) is 5.84. The third-order valence-corrected chi connectivity index (χ3v) is 5.45. The quantitative estimate of drug-likeness (QED) is 0.847. The Morgan fingerprint density at radius 1 is 1.22 bits per heavy atom. The van der Waals surface area contributed by atoms with Crippen molar-refractivity contribution in [1.82, 2.24) is 24.5 Å². The van der Waals surface area contributed by atoms with Crippen LogP contribution in [0.15, 0.2) is 6.20 Å². The number of likely N-dealkylation sites (tertiary alicyclic amines) is 1. The number of rotatable bonds is 5. The Balaban J connectivity index is 1.66. The zero-order valence-electron chi connectivity index (χ0n) is 16.0. The van der Waals surface area contributed by atoms with Gasteiger partial charge < -0.3 is 10.2 Å². The van der Waals surface area contributed by atoms with Gasteiger partial charge in [0.05, 0.1) is 34.8 Å². The molecule has 27 heavy (non-hydrogen) atoms. The third kappa shape index (κ3) is 4.16. The van der Waals surface area contributed by atoms with Crippen molar-refractivity contribution in [3.05, 3.63) is 28.3 Å². The van der Waals surface area contributed by atoms with Gasteiger partial charge >= 0.3 is 0 Å². The van der Waals surface area contributed by atoms with Crippen molar-refractivity contribution >= 4 is 29.1 Å². The van der Waals surface area contributed by atoms with E-state index in [4.69, 9.17) is 11.6 Å². The van der Waals surface area contributed by atoms with Crippen molar-refractivity contribution in [3.63, 3.8) is 0 Å². The zero-order chi connectivity index (χ0) is 19.6. The third-order valence-electron chi connectivity index (χ3n) is 4.90. The molecule has 2 amide bonds. The first-order chi connectivity index (χ1) is 12.9. The second-order valence-electron chi connectivity index (χ2n) is 6.89. The molecule has 0 spiro atoms. The molecule has 1 fully saturated rings. The van der Waals surface area contributed by atoms with Gasteiger partial charge in [-0.25, -0.2) is 0 Å². The van der Waals surface area contributed by atoms with Crippen LogP contribution in [0.4, 0.5) is 5.69 Å². The number of carbonyl (C=O) groups is 2. The average molecular weight is 393 g/mol. The number of aromatic nitrogens is 4. The molecule has 0 unspecified atom stereocenters. The molecule has 0 saturated carbocycles. The topological polar surface area (TPSA) is 85.0 Å². The molecule has 1 aliphatic rings. The van der Waals surface area contributed by atoms with Crippen LogP contribution in [-0.2, 0) is 18.4 Å². The van der Waals surface area contributed by atoms with Crippen LogP contribution in [0, 0.1) is 13.8 Å². The predicted octanol–water partition coefficient (Wildman–Crippen LogP) is 2.54. The summed E-state index contributed by atoms with van der Waals surface area (Å²) in [6, 6.07) is 0. The van der Waals surface area contributed by atoms with Crippen LogP contribution in [0.2, 0.25) is 5.02 Å². The maximum Gasteiger partial charge on any atom is 0.274 e. The monoisotopic (exact) mass is 392 g/mol. The molecule has 2 aromatic rings. The lowest BCUT2D eigenvalue weighted by Crippen LogP contribution is -2.37. The fourth-order valence-corrected chi connectivity index (χ4v) is 3.48. The number of piperidine rings is 1. The molecule has 0 aromatic carbocycles. The number of halogens is 1. The Morgan fingerprint density at radius 3 is 2.56 bits per heavy atom. The van der Waals surface area contributed by atoms with Crippen molar-refractivity contribution in [2.45, 2.75) is 46.1 Å². The number of nitrogens with one attached hydrogen (secondary N) is 1. The summed E-state index contributed by atoms with van der Waals surface area (Å²) in [5.41, 5.74) is 2.45. The highest BCUT2D eigenvalue weighted by Gasteiger charge is 2.25. The van der Waals surface area contributed by atoms with Gasteiger partial charge in [0.1, 0.15) is 5.69 Å². The van der Waals surface area contributed by atoms with Crippen molar-refractivity contribution in [3.8, 4) is 0 Å². The van der Waals surface area contributed by atoms with Crippen molar-refractivity contribution in [2.75, 3.05) is 18.4 Å². The van der Waals surface area contributed by atoms with E-state index in [9.17, 15) is 9.59 Å². The number of hydrogen-bond acceptors (Lipinski definition) is 4. The van der Waals surface area contributed by atoms with E-state index in [0.717, 1.165) is 43.7 Å². The summed E-state index contributed by atoms with van der Waals surface area (Å²) < 4.78 is 3.24. The van der Waals surface area contributed by atoms with Crippen LogP contribution in [0.1, 0.15) is 47.6 Å². The summed E-state index contributed by atoms with van der Waals surface area (Å²) in [6.07, 6.45) is 4.92. The lowest BCUT2D eigenvalue weighted by Gasteiger charge is -2.27. The van der Waals surface area contributed by atoms with E-state index in [0.29, 0.717) is 22.9 Å².